The average molecular weight is 582 g/mol. The van der Waals surface area contributed by atoms with Crippen LogP contribution in [0.3, 0.4) is 0 Å². The number of ketones is 1. The highest BCUT2D eigenvalue weighted by atomic mass is 19.2. The molecule has 5 aromatic rings. The normalized spacial score (nSPS) is 11.4. The molecule has 0 atom stereocenters. The molecule has 7 nitrogen and oxygen atoms in total. The van der Waals surface area contributed by atoms with E-state index in [0.29, 0.717) is 18.4 Å². The van der Waals surface area contributed by atoms with E-state index in [-0.39, 0.29) is 24.3 Å². The summed E-state index contributed by atoms with van der Waals surface area (Å²) in [5.41, 5.74) is 4.35. The first-order valence-corrected chi connectivity index (χ1v) is 14.2. The molecule has 0 saturated carbocycles. The fraction of sp³-hybridized carbons (Fsp3) is 0.265. The summed E-state index contributed by atoms with van der Waals surface area (Å²) in [6.45, 7) is 0.891. The van der Waals surface area contributed by atoms with Crippen LogP contribution in [0.1, 0.15) is 57.7 Å². The van der Waals surface area contributed by atoms with Gasteiger partial charge in [-0.05, 0) is 79.9 Å². The average Bonchev–Trinajstić information content (AvgIpc) is 2.99. The SMILES string of the molecule is CN(C)Cc1ccc(Cc2ncc3cc(CCCCC(=O)c4cncn(Cc5ccc(F)c(F)c5)c4=O)ccc3n2)cc1. The molecular weight excluding hydrogens is 548 g/mol. The molecule has 3 aromatic carbocycles. The first-order chi connectivity index (χ1) is 20.7. The molecule has 0 aliphatic heterocycles. The first kappa shape index (κ1) is 29.8. The van der Waals surface area contributed by atoms with Gasteiger partial charge in [-0.15, -0.1) is 0 Å². The number of fused-ring (bicyclic) bond motifs is 1. The Morgan fingerprint density at radius 3 is 2.37 bits per heavy atom. The summed E-state index contributed by atoms with van der Waals surface area (Å²) in [5.74, 6) is -1.47. The third kappa shape index (κ3) is 7.81. The van der Waals surface area contributed by atoms with Crippen LogP contribution in [-0.4, -0.2) is 44.3 Å². The smallest absolute Gasteiger partial charge is 0.264 e. The van der Waals surface area contributed by atoms with Crippen LogP contribution < -0.4 is 5.56 Å². The van der Waals surface area contributed by atoms with Gasteiger partial charge in [0.25, 0.3) is 5.56 Å². The number of nitrogens with zero attached hydrogens (tertiary/aromatic N) is 5. The standard InChI is InChI=1S/C34H33F2N5O2/c1-40(2)20-25-9-7-24(8-10-25)17-33-38-18-27-15-23(12-14-31(27)39-33)5-3-4-6-32(42)28-19-37-22-41(34(28)43)21-26-11-13-29(35)30(36)16-26/h7-16,18-19,22H,3-6,17,20-21H2,1-2H3. The summed E-state index contributed by atoms with van der Waals surface area (Å²) in [5, 5.41) is 0.968. The van der Waals surface area contributed by atoms with E-state index < -0.39 is 17.2 Å². The number of unbranched alkanes of at least 4 members (excludes halogenated alkanes) is 1. The van der Waals surface area contributed by atoms with Gasteiger partial charge >= 0.3 is 0 Å². The van der Waals surface area contributed by atoms with E-state index in [0.717, 1.165) is 53.8 Å². The Morgan fingerprint density at radius 2 is 1.60 bits per heavy atom. The maximum absolute atomic E-state index is 13.5. The second-order valence-corrected chi connectivity index (χ2v) is 11.0. The van der Waals surface area contributed by atoms with Crippen molar-refractivity contribution in [3.05, 3.63) is 135 Å². The van der Waals surface area contributed by atoms with Gasteiger partial charge in [0.15, 0.2) is 17.4 Å². The van der Waals surface area contributed by atoms with Crippen molar-refractivity contribution < 1.29 is 13.6 Å². The molecule has 0 aliphatic rings. The molecule has 0 unspecified atom stereocenters. The number of aromatic nitrogens is 4. The molecule has 9 heteroatoms. The van der Waals surface area contributed by atoms with E-state index in [4.69, 9.17) is 4.98 Å². The first-order valence-electron chi connectivity index (χ1n) is 14.2. The molecule has 0 saturated heterocycles. The fourth-order valence-electron chi connectivity index (χ4n) is 5.01. The lowest BCUT2D eigenvalue weighted by molar-refractivity contribution is 0.0977. The Hall–Kier alpha value is -4.63. The second kappa shape index (κ2) is 13.6. The van der Waals surface area contributed by atoms with E-state index in [1.807, 2.05) is 12.3 Å². The number of Topliss-reactive ketones (excluding diaryl/α,β-unsaturated/α-hetero) is 1. The van der Waals surface area contributed by atoms with Gasteiger partial charge in [-0.25, -0.2) is 23.7 Å². The Bertz CT molecular complexity index is 1800. The lowest BCUT2D eigenvalue weighted by atomic mass is 10.0. The molecule has 5 rings (SSSR count). The highest BCUT2D eigenvalue weighted by Crippen LogP contribution is 2.18. The molecule has 2 heterocycles. The van der Waals surface area contributed by atoms with Gasteiger partial charge in [0.1, 0.15) is 11.4 Å². The van der Waals surface area contributed by atoms with Gasteiger partial charge in [0.05, 0.1) is 18.4 Å². The van der Waals surface area contributed by atoms with Crippen molar-refractivity contribution >= 4 is 16.7 Å². The highest BCUT2D eigenvalue weighted by molar-refractivity contribution is 5.95. The number of halogens is 2. The van der Waals surface area contributed by atoms with E-state index in [1.165, 1.54) is 34.3 Å². The van der Waals surface area contributed by atoms with Crippen LogP contribution in [0.15, 0.2) is 84.2 Å². The molecule has 0 aliphatic carbocycles. The van der Waals surface area contributed by atoms with E-state index in [2.05, 4.69) is 65.4 Å². The Balaban J connectivity index is 1.14. The van der Waals surface area contributed by atoms with Crippen molar-refractivity contribution in [2.24, 2.45) is 0 Å². The monoisotopic (exact) mass is 581 g/mol. The predicted octanol–water partition coefficient (Wildman–Crippen LogP) is 5.76. The summed E-state index contributed by atoms with van der Waals surface area (Å²) in [6.07, 6.45) is 7.45. The largest absolute Gasteiger partial charge is 0.305 e. The Morgan fingerprint density at radius 1 is 0.860 bits per heavy atom. The van der Waals surface area contributed by atoms with E-state index in [9.17, 15) is 18.4 Å². The van der Waals surface area contributed by atoms with E-state index >= 15 is 0 Å². The number of hydrogen-bond acceptors (Lipinski definition) is 6. The minimum atomic E-state index is -0.994. The molecule has 0 fully saturated rings. The molecule has 220 valence electrons. The number of rotatable bonds is 12. The molecule has 0 radical (unpaired) electrons. The van der Waals surface area contributed by atoms with Gasteiger partial charge in [-0.3, -0.25) is 14.2 Å². The van der Waals surface area contributed by atoms with Crippen LogP contribution >= 0.6 is 0 Å². The van der Waals surface area contributed by atoms with Crippen molar-refractivity contribution in [1.29, 1.82) is 0 Å². The van der Waals surface area contributed by atoms with Crippen molar-refractivity contribution in [1.82, 2.24) is 24.4 Å². The van der Waals surface area contributed by atoms with Crippen LogP contribution in [0.25, 0.3) is 10.9 Å². The maximum atomic E-state index is 13.5. The summed E-state index contributed by atoms with van der Waals surface area (Å²) in [6, 6.07) is 18.1. The van der Waals surface area contributed by atoms with Crippen molar-refractivity contribution in [2.45, 2.75) is 45.2 Å². The molecule has 43 heavy (non-hydrogen) atoms. The van der Waals surface area contributed by atoms with Crippen LogP contribution in [0, 0.1) is 11.6 Å². The topological polar surface area (TPSA) is 81.0 Å². The van der Waals surface area contributed by atoms with Crippen LogP contribution in [0.2, 0.25) is 0 Å². The zero-order valence-corrected chi connectivity index (χ0v) is 24.3. The minimum absolute atomic E-state index is 0.00625. The lowest BCUT2D eigenvalue weighted by Gasteiger charge is -2.10. The van der Waals surface area contributed by atoms with Gasteiger partial charge in [-0.2, -0.15) is 0 Å². The van der Waals surface area contributed by atoms with Gasteiger partial charge in [0, 0.05) is 37.2 Å². The molecule has 0 bridgehead atoms. The molecule has 2 aromatic heterocycles. The second-order valence-electron chi connectivity index (χ2n) is 11.0. The number of aryl methyl sites for hydroxylation is 1. The highest BCUT2D eigenvalue weighted by Gasteiger charge is 2.14. The molecule has 0 N–H and O–H groups in total. The summed E-state index contributed by atoms with van der Waals surface area (Å²) in [7, 11) is 4.11. The predicted molar refractivity (Wildman–Crippen MR) is 162 cm³/mol. The van der Waals surface area contributed by atoms with Crippen LogP contribution in [-0.2, 0) is 25.9 Å². The van der Waals surface area contributed by atoms with Gasteiger partial charge in [0.2, 0.25) is 0 Å². The zero-order valence-electron chi connectivity index (χ0n) is 24.3. The molecule has 0 spiro atoms. The number of hydrogen-bond donors (Lipinski definition) is 0. The molecule has 0 amide bonds. The summed E-state index contributed by atoms with van der Waals surface area (Å²) >= 11 is 0. The third-order valence-electron chi connectivity index (χ3n) is 7.24. The van der Waals surface area contributed by atoms with Crippen molar-refractivity contribution in [3.8, 4) is 0 Å². The third-order valence-corrected chi connectivity index (χ3v) is 7.24. The summed E-state index contributed by atoms with van der Waals surface area (Å²) < 4.78 is 28.0. The van der Waals surface area contributed by atoms with Crippen LogP contribution in [0.4, 0.5) is 8.78 Å². The quantitative estimate of drug-likeness (QED) is 0.138. The van der Waals surface area contributed by atoms with Gasteiger partial charge < -0.3 is 4.90 Å². The Kier molecular flexibility index (Phi) is 9.41. The zero-order chi connectivity index (χ0) is 30.3. The lowest BCUT2D eigenvalue weighted by Crippen LogP contribution is -2.27. The van der Waals surface area contributed by atoms with Crippen LogP contribution in [0.5, 0.6) is 0 Å². The fourth-order valence-corrected chi connectivity index (χ4v) is 5.01. The summed E-state index contributed by atoms with van der Waals surface area (Å²) in [4.78, 5) is 41.1. The number of carbonyl (C=O) groups is 1. The minimum Gasteiger partial charge on any atom is -0.305 e. The van der Waals surface area contributed by atoms with Gasteiger partial charge in [-0.1, -0.05) is 36.4 Å². The number of carbonyl (C=O) groups excluding carboxylic acids is 1. The maximum Gasteiger partial charge on any atom is 0.264 e. The number of benzene rings is 3. The van der Waals surface area contributed by atoms with E-state index in [1.54, 1.807) is 0 Å². The Labute approximate surface area is 248 Å². The van der Waals surface area contributed by atoms with Crippen molar-refractivity contribution in [2.75, 3.05) is 14.1 Å². The molecular formula is C34H33F2N5O2. The van der Waals surface area contributed by atoms with Crippen molar-refractivity contribution in [3.63, 3.8) is 0 Å².